The number of para-hydroxylation sites is 1. The minimum absolute atomic E-state index is 0.980. The number of benzene rings is 3. The fourth-order valence-electron chi connectivity index (χ4n) is 5.21. The molecule has 1 aliphatic carbocycles. The van der Waals surface area contributed by atoms with Crippen LogP contribution in [0.1, 0.15) is 38.1 Å². The Morgan fingerprint density at radius 3 is 2.68 bits per heavy atom. The van der Waals surface area contributed by atoms with Crippen molar-refractivity contribution in [3.63, 3.8) is 0 Å². The Morgan fingerprint density at radius 2 is 1.79 bits per heavy atom. The van der Waals surface area contributed by atoms with E-state index in [4.69, 9.17) is 0 Å². The number of thioether (sulfide) groups is 1. The molecule has 0 unspecified atom stereocenters. The van der Waals surface area contributed by atoms with E-state index < -0.39 is 0 Å². The third kappa shape index (κ3) is 3.79. The van der Waals surface area contributed by atoms with Crippen molar-refractivity contribution in [2.45, 2.75) is 44.6 Å². The summed E-state index contributed by atoms with van der Waals surface area (Å²) in [5.74, 6) is 0. The van der Waals surface area contributed by atoms with Crippen molar-refractivity contribution in [3.05, 3.63) is 94.0 Å². The lowest BCUT2D eigenvalue weighted by Crippen LogP contribution is -2.33. The standard InChI is InChI=1S/C30H29N2S2/c1-3-31-25-14-7-8-15-26(25)33-28(31)19-21-10-9-11-22(18-21)20-29-32(4-2)30-24-13-6-5-12-23(24)16-17-27(30)34-29/h5-8,12-20H,3-4,9-11H2,1-2H3/q+1. The van der Waals surface area contributed by atoms with Crippen LogP contribution in [0.25, 0.3) is 27.1 Å². The fourth-order valence-corrected chi connectivity index (χ4v) is 7.63. The lowest BCUT2D eigenvalue weighted by Gasteiger charge is -2.19. The molecule has 4 heteroatoms. The number of hydrogen-bond acceptors (Lipinski definition) is 3. The predicted octanol–water partition coefficient (Wildman–Crippen LogP) is 8.33. The molecule has 2 aliphatic rings. The maximum atomic E-state index is 2.50. The molecule has 0 amide bonds. The molecule has 0 bridgehead atoms. The lowest BCUT2D eigenvalue weighted by atomic mass is 9.95. The minimum atomic E-state index is 0.980. The van der Waals surface area contributed by atoms with Gasteiger partial charge >= 0.3 is 0 Å². The van der Waals surface area contributed by atoms with Crippen LogP contribution in [-0.4, -0.2) is 6.54 Å². The van der Waals surface area contributed by atoms with Gasteiger partial charge in [0.05, 0.1) is 16.1 Å². The maximum absolute atomic E-state index is 2.50. The van der Waals surface area contributed by atoms with E-state index in [1.165, 1.54) is 59.2 Å². The number of anilines is 1. The predicted molar refractivity (Wildman–Crippen MR) is 149 cm³/mol. The summed E-state index contributed by atoms with van der Waals surface area (Å²) in [5, 5.41) is 5.38. The van der Waals surface area contributed by atoms with E-state index >= 15 is 0 Å². The molecular weight excluding hydrogens is 452 g/mol. The van der Waals surface area contributed by atoms with E-state index in [0.29, 0.717) is 0 Å². The first kappa shape index (κ1) is 21.7. The second-order valence-electron chi connectivity index (χ2n) is 8.91. The van der Waals surface area contributed by atoms with Crippen LogP contribution in [0.2, 0.25) is 0 Å². The molecule has 3 aromatic carbocycles. The van der Waals surface area contributed by atoms with Crippen LogP contribution in [0, 0.1) is 0 Å². The third-order valence-corrected chi connectivity index (χ3v) is 9.01. The second kappa shape index (κ2) is 9.09. The molecule has 1 aliphatic heterocycles. The van der Waals surface area contributed by atoms with E-state index in [0.717, 1.165) is 25.9 Å². The van der Waals surface area contributed by atoms with E-state index in [2.05, 4.69) is 102 Å². The highest BCUT2D eigenvalue weighted by molar-refractivity contribution is 8.03. The van der Waals surface area contributed by atoms with Gasteiger partial charge in [0.15, 0.2) is 0 Å². The number of hydrogen-bond donors (Lipinski definition) is 0. The van der Waals surface area contributed by atoms with E-state index in [-0.39, 0.29) is 0 Å². The first-order valence-corrected chi connectivity index (χ1v) is 13.9. The van der Waals surface area contributed by atoms with Gasteiger partial charge in [0.2, 0.25) is 5.52 Å². The minimum Gasteiger partial charge on any atom is -0.335 e. The molecule has 0 atom stereocenters. The molecule has 0 radical (unpaired) electrons. The van der Waals surface area contributed by atoms with Crippen LogP contribution < -0.4 is 9.47 Å². The van der Waals surface area contributed by atoms with E-state index in [1.54, 1.807) is 0 Å². The molecule has 0 saturated heterocycles. The van der Waals surface area contributed by atoms with Crippen molar-refractivity contribution >= 4 is 55.9 Å². The summed E-state index contributed by atoms with van der Waals surface area (Å²) < 4.78 is 3.87. The molecule has 0 fully saturated rings. The zero-order valence-electron chi connectivity index (χ0n) is 19.8. The molecular formula is C30H29N2S2+. The Bertz CT molecular complexity index is 1490. The molecule has 0 N–H and O–H groups in total. The van der Waals surface area contributed by atoms with Crippen molar-refractivity contribution < 1.29 is 4.57 Å². The summed E-state index contributed by atoms with van der Waals surface area (Å²) in [4.78, 5) is 3.81. The molecule has 2 nitrogen and oxygen atoms in total. The highest BCUT2D eigenvalue weighted by Crippen LogP contribution is 2.46. The normalized spacial score (nSPS) is 18.3. The number of thiazole rings is 1. The summed E-state index contributed by atoms with van der Waals surface area (Å²) in [5.41, 5.74) is 5.61. The Morgan fingerprint density at radius 1 is 0.941 bits per heavy atom. The second-order valence-corrected chi connectivity index (χ2v) is 11.0. The van der Waals surface area contributed by atoms with Crippen LogP contribution in [0.5, 0.6) is 0 Å². The Balaban J connectivity index is 1.38. The van der Waals surface area contributed by atoms with E-state index in [1.807, 2.05) is 23.1 Å². The highest BCUT2D eigenvalue weighted by Gasteiger charge is 2.24. The first-order valence-electron chi connectivity index (χ1n) is 12.3. The molecule has 4 aromatic rings. The summed E-state index contributed by atoms with van der Waals surface area (Å²) in [7, 11) is 0. The van der Waals surface area contributed by atoms with Crippen molar-refractivity contribution in [2.75, 3.05) is 11.4 Å². The van der Waals surface area contributed by atoms with Crippen molar-refractivity contribution in [1.29, 1.82) is 0 Å². The summed E-state index contributed by atoms with van der Waals surface area (Å²) in [6.07, 6.45) is 10.8. The van der Waals surface area contributed by atoms with Crippen LogP contribution >= 0.6 is 23.1 Å². The van der Waals surface area contributed by atoms with Crippen LogP contribution in [0.4, 0.5) is 5.69 Å². The van der Waals surface area contributed by atoms with E-state index in [9.17, 15) is 0 Å². The molecule has 6 rings (SSSR count). The summed E-state index contributed by atoms with van der Waals surface area (Å²) >= 11 is 3.82. The van der Waals surface area contributed by atoms with Crippen LogP contribution in [-0.2, 0) is 6.54 Å². The topological polar surface area (TPSA) is 7.12 Å². The van der Waals surface area contributed by atoms with Crippen LogP contribution in [0.3, 0.4) is 0 Å². The zero-order chi connectivity index (χ0) is 23.1. The number of aromatic nitrogens is 1. The molecule has 34 heavy (non-hydrogen) atoms. The quantitative estimate of drug-likeness (QED) is 0.270. The molecule has 170 valence electrons. The number of allylic oxidation sites excluding steroid dienone is 4. The average Bonchev–Trinajstić information content (AvgIpc) is 3.41. The summed E-state index contributed by atoms with van der Waals surface area (Å²) in [6.45, 7) is 6.48. The zero-order valence-corrected chi connectivity index (χ0v) is 21.4. The smallest absolute Gasteiger partial charge is 0.263 e. The monoisotopic (exact) mass is 481 g/mol. The van der Waals surface area contributed by atoms with Gasteiger partial charge in [-0.1, -0.05) is 65.6 Å². The fraction of sp³-hybridized carbons (Fsp3) is 0.233. The Kier molecular flexibility index (Phi) is 5.80. The van der Waals surface area contributed by atoms with Crippen molar-refractivity contribution in [3.8, 4) is 0 Å². The summed E-state index contributed by atoms with van der Waals surface area (Å²) in [6, 6.07) is 22.1. The van der Waals surface area contributed by atoms with Gasteiger partial charge in [-0.2, -0.15) is 4.57 Å². The largest absolute Gasteiger partial charge is 0.335 e. The lowest BCUT2D eigenvalue weighted by molar-refractivity contribution is -0.664. The average molecular weight is 482 g/mol. The van der Waals surface area contributed by atoms with Crippen LogP contribution in [0.15, 0.2) is 93.9 Å². The van der Waals surface area contributed by atoms with Gasteiger partial charge in [-0.3, -0.25) is 0 Å². The Hall–Kier alpha value is -2.82. The molecule has 0 spiro atoms. The van der Waals surface area contributed by atoms with Gasteiger partial charge in [-0.05, 0) is 80.0 Å². The van der Waals surface area contributed by atoms with Gasteiger partial charge in [0.1, 0.15) is 11.2 Å². The molecule has 0 saturated carbocycles. The van der Waals surface area contributed by atoms with Gasteiger partial charge in [-0.25, -0.2) is 0 Å². The van der Waals surface area contributed by atoms with Gasteiger partial charge in [-0.15, -0.1) is 0 Å². The highest BCUT2D eigenvalue weighted by atomic mass is 32.2. The SMILES string of the molecule is CCN1/C(=C\C2=CC(=C\c3sc4ccc5ccccc5c4[n+]3CC)/CCC2)Sc2ccccc21. The number of fused-ring (bicyclic) bond motifs is 4. The number of aryl methyl sites for hydroxylation is 1. The van der Waals surface area contributed by atoms with Gasteiger partial charge in [0.25, 0.3) is 5.01 Å². The van der Waals surface area contributed by atoms with Crippen molar-refractivity contribution in [2.24, 2.45) is 0 Å². The molecule has 2 heterocycles. The van der Waals surface area contributed by atoms with Gasteiger partial charge < -0.3 is 4.90 Å². The maximum Gasteiger partial charge on any atom is 0.263 e. The van der Waals surface area contributed by atoms with Crippen molar-refractivity contribution in [1.82, 2.24) is 0 Å². The third-order valence-electron chi connectivity index (χ3n) is 6.80. The van der Waals surface area contributed by atoms with Gasteiger partial charge in [0, 0.05) is 17.5 Å². The Labute approximate surface area is 209 Å². The number of nitrogens with zero attached hydrogens (tertiary/aromatic N) is 2. The number of rotatable bonds is 4. The molecule has 1 aromatic heterocycles. The first-order chi connectivity index (χ1) is 16.7.